The molecule has 0 saturated carbocycles. The molecule has 0 atom stereocenters. The van der Waals surface area contributed by atoms with E-state index in [1.54, 1.807) is 0 Å². The van der Waals surface area contributed by atoms with Crippen LogP contribution < -0.4 is 9.80 Å². The maximum atomic E-state index is 2.47. The van der Waals surface area contributed by atoms with Crippen LogP contribution in [0.4, 0.5) is 34.1 Å². The molecular weight excluding hydrogens is 677 g/mol. The highest BCUT2D eigenvalue weighted by molar-refractivity contribution is 6.29. The molecule has 0 unspecified atom stereocenters. The van der Waals surface area contributed by atoms with Crippen molar-refractivity contribution < 1.29 is 0 Å². The van der Waals surface area contributed by atoms with E-state index in [-0.39, 0.29) is 10.8 Å². The first kappa shape index (κ1) is 37.3. The van der Waals surface area contributed by atoms with Gasteiger partial charge in [0, 0.05) is 33.5 Å². The Hall–Kier alpha value is -5.60. The van der Waals surface area contributed by atoms with E-state index in [1.165, 1.54) is 65.9 Å². The van der Waals surface area contributed by atoms with Gasteiger partial charge in [0.25, 0.3) is 0 Å². The summed E-state index contributed by atoms with van der Waals surface area (Å²) in [5.74, 6) is 0.649. The first-order valence-electron chi connectivity index (χ1n) is 20.4. The van der Waals surface area contributed by atoms with Gasteiger partial charge in [0.15, 0.2) is 0 Å². The molecule has 8 aromatic rings. The third-order valence-electron chi connectivity index (χ3n) is 11.7. The Morgan fingerprint density at radius 2 is 0.661 bits per heavy atom. The van der Waals surface area contributed by atoms with Crippen LogP contribution in [0.2, 0.25) is 0 Å². The highest BCUT2D eigenvalue weighted by Crippen LogP contribution is 2.51. The summed E-state index contributed by atoms with van der Waals surface area (Å²) in [4.78, 5) is 4.95. The smallest absolute Gasteiger partial charge is 0.0543 e. The van der Waals surface area contributed by atoms with Crippen LogP contribution >= 0.6 is 0 Å². The number of benzene rings is 8. The average Bonchev–Trinajstić information content (AvgIpc) is 3.18. The minimum absolute atomic E-state index is 0.0714. The molecule has 0 bridgehead atoms. The SMILES string of the molecule is CC(C)c1cc(N(c2ccccc2)c2ccc(C(C)(C)C)cc2)c2ccc3c(C(C)C)cc(N(c4ccccc4)c4ccc(C(C)(C)C)cc4)c4ccc1c2c34. The van der Waals surface area contributed by atoms with Crippen LogP contribution in [-0.2, 0) is 10.8 Å². The van der Waals surface area contributed by atoms with E-state index < -0.39 is 0 Å². The minimum Gasteiger partial charge on any atom is -0.310 e. The molecule has 2 heteroatoms. The molecule has 0 amide bonds. The predicted octanol–water partition coefficient (Wildman–Crippen LogP) is 16.4. The van der Waals surface area contributed by atoms with Crippen LogP contribution in [0.3, 0.4) is 0 Å². The lowest BCUT2D eigenvalue weighted by molar-refractivity contribution is 0.590. The van der Waals surface area contributed by atoms with Crippen LogP contribution in [0.15, 0.2) is 146 Å². The lowest BCUT2D eigenvalue weighted by atomic mass is 9.84. The van der Waals surface area contributed by atoms with E-state index in [9.17, 15) is 0 Å². The van der Waals surface area contributed by atoms with E-state index in [0.29, 0.717) is 11.8 Å². The van der Waals surface area contributed by atoms with Crippen LogP contribution in [0, 0.1) is 0 Å². The zero-order valence-electron chi connectivity index (χ0n) is 34.9. The van der Waals surface area contributed by atoms with Gasteiger partial charge in [0.05, 0.1) is 11.4 Å². The Morgan fingerprint density at radius 3 is 0.964 bits per heavy atom. The molecule has 0 saturated heterocycles. The summed E-state index contributed by atoms with van der Waals surface area (Å²) in [6.07, 6.45) is 0. The number of hydrogen-bond acceptors (Lipinski definition) is 2. The zero-order valence-corrected chi connectivity index (χ0v) is 34.9. The summed E-state index contributed by atoms with van der Waals surface area (Å²) < 4.78 is 0. The average molecular weight is 733 g/mol. The summed E-state index contributed by atoms with van der Waals surface area (Å²) in [6, 6.07) is 54.7. The molecule has 0 fully saturated rings. The second-order valence-corrected chi connectivity index (χ2v) is 18.3. The van der Waals surface area contributed by atoms with Gasteiger partial charge >= 0.3 is 0 Å². The second kappa shape index (κ2) is 14.2. The lowest BCUT2D eigenvalue weighted by Gasteiger charge is -2.32. The predicted molar refractivity (Wildman–Crippen MR) is 245 cm³/mol. The van der Waals surface area contributed by atoms with Crippen molar-refractivity contribution in [3.8, 4) is 0 Å². The van der Waals surface area contributed by atoms with Crippen molar-refractivity contribution in [2.75, 3.05) is 9.80 Å². The molecule has 0 aliphatic heterocycles. The Morgan fingerprint density at radius 1 is 0.357 bits per heavy atom. The van der Waals surface area contributed by atoms with Crippen molar-refractivity contribution in [1.82, 2.24) is 0 Å². The molecule has 0 N–H and O–H groups in total. The van der Waals surface area contributed by atoms with Gasteiger partial charge in [-0.1, -0.05) is 154 Å². The summed E-state index contributed by atoms with van der Waals surface area (Å²) in [7, 11) is 0. The van der Waals surface area contributed by atoms with E-state index >= 15 is 0 Å². The van der Waals surface area contributed by atoms with Crippen molar-refractivity contribution in [2.24, 2.45) is 0 Å². The standard InChI is InChI=1S/C54H56N2/c1-35(2)47-33-49(55(39-17-13-11-14-18-39)41-25-21-37(22-26-41)53(5,6)7)45-32-30-44-48(36(3)4)34-50(46-31-29-43(47)51(45)52(44)46)56(40-19-15-12-16-20-40)42-27-23-38(24-28-42)54(8,9)10/h11-36H,1-10H3. The van der Waals surface area contributed by atoms with E-state index in [1.807, 2.05) is 0 Å². The molecule has 8 rings (SSSR count). The van der Waals surface area contributed by atoms with Crippen molar-refractivity contribution in [1.29, 1.82) is 0 Å². The molecule has 0 heterocycles. The monoisotopic (exact) mass is 732 g/mol. The molecule has 0 aromatic heterocycles. The van der Waals surface area contributed by atoms with Gasteiger partial charge in [-0.3, -0.25) is 0 Å². The Labute approximate surface area is 334 Å². The van der Waals surface area contributed by atoms with Gasteiger partial charge in [-0.15, -0.1) is 0 Å². The minimum atomic E-state index is 0.0714. The van der Waals surface area contributed by atoms with E-state index in [0.717, 1.165) is 22.7 Å². The number of rotatable bonds is 8. The lowest BCUT2D eigenvalue weighted by Crippen LogP contribution is -2.14. The Bertz CT molecular complexity index is 2430. The third kappa shape index (κ3) is 6.60. The maximum Gasteiger partial charge on any atom is 0.0543 e. The number of hydrogen-bond donors (Lipinski definition) is 0. The molecule has 282 valence electrons. The third-order valence-corrected chi connectivity index (χ3v) is 11.7. The van der Waals surface area contributed by atoms with Crippen molar-refractivity contribution >= 4 is 66.4 Å². The van der Waals surface area contributed by atoms with Crippen LogP contribution in [0.25, 0.3) is 32.3 Å². The Balaban J connectivity index is 1.47. The highest BCUT2D eigenvalue weighted by Gasteiger charge is 2.26. The normalized spacial score (nSPS) is 12.4. The zero-order chi connectivity index (χ0) is 39.5. The van der Waals surface area contributed by atoms with Crippen LogP contribution in [0.1, 0.15) is 103 Å². The van der Waals surface area contributed by atoms with Gasteiger partial charge in [-0.25, -0.2) is 0 Å². The van der Waals surface area contributed by atoms with Crippen LogP contribution in [0.5, 0.6) is 0 Å². The fraction of sp³-hybridized carbons (Fsp3) is 0.259. The first-order chi connectivity index (χ1) is 26.7. The fourth-order valence-electron chi connectivity index (χ4n) is 8.56. The molecule has 0 radical (unpaired) electrons. The molecule has 2 nitrogen and oxygen atoms in total. The first-order valence-corrected chi connectivity index (χ1v) is 20.4. The quantitative estimate of drug-likeness (QED) is 0.144. The molecule has 56 heavy (non-hydrogen) atoms. The summed E-state index contributed by atoms with van der Waals surface area (Å²) in [5.41, 5.74) is 12.6. The number of para-hydroxylation sites is 2. The second-order valence-electron chi connectivity index (χ2n) is 18.3. The summed E-state index contributed by atoms with van der Waals surface area (Å²) in [6.45, 7) is 23.1. The number of nitrogens with zero attached hydrogens (tertiary/aromatic N) is 2. The van der Waals surface area contributed by atoms with Gasteiger partial charge in [-0.2, -0.15) is 0 Å². The van der Waals surface area contributed by atoms with Gasteiger partial charge in [0.2, 0.25) is 0 Å². The number of anilines is 6. The molecule has 0 aliphatic rings. The van der Waals surface area contributed by atoms with E-state index in [4.69, 9.17) is 0 Å². The topological polar surface area (TPSA) is 6.48 Å². The molecule has 0 spiro atoms. The van der Waals surface area contributed by atoms with Gasteiger partial charge in [-0.05, 0) is 127 Å². The molecular formula is C54H56N2. The van der Waals surface area contributed by atoms with Crippen molar-refractivity contribution in [2.45, 2.75) is 91.9 Å². The summed E-state index contributed by atoms with van der Waals surface area (Å²) in [5, 5.41) is 7.88. The maximum absolute atomic E-state index is 2.47. The van der Waals surface area contributed by atoms with Crippen molar-refractivity contribution in [3.63, 3.8) is 0 Å². The highest BCUT2D eigenvalue weighted by atomic mass is 15.1. The Kier molecular flexibility index (Phi) is 9.44. The van der Waals surface area contributed by atoms with Crippen LogP contribution in [-0.4, -0.2) is 0 Å². The van der Waals surface area contributed by atoms with Crippen molar-refractivity contribution in [3.05, 3.63) is 168 Å². The van der Waals surface area contributed by atoms with Gasteiger partial charge in [0.1, 0.15) is 0 Å². The van der Waals surface area contributed by atoms with Gasteiger partial charge < -0.3 is 9.80 Å². The molecule has 8 aromatic carbocycles. The fourth-order valence-corrected chi connectivity index (χ4v) is 8.56. The summed E-state index contributed by atoms with van der Waals surface area (Å²) >= 11 is 0. The molecule has 0 aliphatic carbocycles. The largest absolute Gasteiger partial charge is 0.310 e. The van der Waals surface area contributed by atoms with E-state index in [2.05, 4.69) is 225 Å².